The molecule has 0 radical (unpaired) electrons. The lowest BCUT2D eigenvalue weighted by Crippen LogP contribution is -2.44. The zero-order chi connectivity index (χ0) is 17.6. The Morgan fingerprint density at radius 2 is 2.12 bits per heavy atom. The molecule has 1 saturated carbocycles. The summed E-state index contributed by atoms with van der Waals surface area (Å²) in [5.41, 5.74) is 6.16. The molecule has 0 spiro atoms. The molecule has 1 aromatic heterocycles. The van der Waals surface area contributed by atoms with Gasteiger partial charge in [-0.3, -0.25) is 4.79 Å². The summed E-state index contributed by atoms with van der Waals surface area (Å²) in [5.74, 6) is 0.797. The van der Waals surface area contributed by atoms with Crippen molar-refractivity contribution < 1.29 is 9.32 Å². The second kappa shape index (κ2) is 6.27. The number of nitrogens with zero attached hydrogens (tertiary/aromatic N) is 3. The lowest BCUT2D eigenvalue weighted by molar-refractivity contribution is 0.0710. The van der Waals surface area contributed by atoms with Crippen LogP contribution in [0.5, 0.6) is 0 Å². The monoisotopic (exact) mass is 380 g/mol. The van der Waals surface area contributed by atoms with Crippen molar-refractivity contribution in [1.29, 1.82) is 0 Å². The van der Waals surface area contributed by atoms with Gasteiger partial charge in [-0.2, -0.15) is 4.98 Å². The molecule has 1 aliphatic carbocycles. The number of aromatic nitrogens is 2. The van der Waals surface area contributed by atoms with Crippen LogP contribution in [0.4, 0.5) is 0 Å². The molecule has 2 N–H and O–H groups in total. The van der Waals surface area contributed by atoms with Crippen LogP contribution in [-0.2, 0) is 5.54 Å². The van der Waals surface area contributed by atoms with Crippen molar-refractivity contribution >= 4 is 29.1 Å². The van der Waals surface area contributed by atoms with Gasteiger partial charge in [0.2, 0.25) is 5.89 Å². The van der Waals surface area contributed by atoms with Gasteiger partial charge >= 0.3 is 0 Å². The summed E-state index contributed by atoms with van der Waals surface area (Å²) in [6, 6.07) is 4.62. The van der Waals surface area contributed by atoms with E-state index in [1.165, 1.54) is 0 Å². The van der Waals surface area contributed by atoms with Gasteiger partial charge in [-0.25, -0.2) is 0 Å². The third-order valence-electron chi connectivity index (χ3n) is 5.09. The molecule has 2 heterocycles. The molecule has 132 valence electrons. The molecule has 1 unspecified atom stereocenters. The van der Waals surface area contributed by atoms with Crippen LogP contribution in [0.2, 0.25) is 10.0 Å². The largest absolute Gasteiger partial charge is 0.337 e. The molecule has 0 bridgehead atoms. The Balaban J connectivity index is 1.60. The minimum atomic E-state index is -0.481. The number of hydrogen-bond donors (Lipinski definition) is 1. The van der Waals surface area contributed by atoms with Gasteiger partial charge in [-0.15, -0.1) is 0 Å². The normalized spacial score (nSPS) is 22.0. The molecule has 1 atom stereocenters. The van der Waals surface area contributed by atoms with Crippen LogP contribution in [0, 0.1) is 0 Å². The molecule has 2 aliphatic rings. The Morgan fingerprint density at radius 3 is 2.84 bits per heavy atom. The highest BCUT2D eigenvalue weighted by Gasteiger charge is 2.41. The zero-order valence-corrected chi connectivity index (χ0v) is 15.1. The minimum absolute atomic E-state index is 0.180. The number of amides is 1. The van der Waals surface area contributed by atoms with Gasteiger partial charge in [0.05, 0.1) is 16.1 Å². The average Bonchev–Trinajstić information content (AvgIpc) is 3.22. The van der Waals surface area contributed by atoms with Gasteiger partial charge in [0.25, 0.3) is 5.91 Å². The molecule has 4 rings (SSSR count). The first-order valence-electron chi connectivity index (χ1n) is 8.37. The molecule has 1 aromatic carbocycles. The van der Waals surface area contributed by atoms with E-state index in [-0.39, 0.29) is 11.9 Å². The van der Waals surface area contributed by atoms with Crippen LogP contribution in [0.3, 0.4) is 0 Å². The van der Waals surface area contributed by atoms with Crippen molar-refractivity contribution in [2.75, 3.05) is 6.54 Å². The first-order valence-corrected chi connectivity index (χ1v) is 9.12. The van der Waals surface area contributed by atoms with E-state index in [1.807, 2.05) is 0 Å². The van der Waals surface area contributed by atoms with Gasteiger partial charge in [0.1, 0.15) is 6.04 Å². The molecule has 6 nitrogen and oxygen atoms in total. The number of likely N-dealkylation sites (tertiary alicyclic amines) is 1. The summed E-state index contributed by atoms with van der Waals surface area (Å²) < 4.78 is 5.45. The van der Waals surface area contributed by atoms with E-state index in [0.29, 0.717) is 33.9 Å². The van der Waals surface area contributed by atoms with Crippen LogP contribution in [0.15, 0.2) is 22.7 Å². The summed E-state index contributed by atoms with van der Waals surface area (Å²) >= 11 is 12.2. The van der Waals surface area contributed by atoms with Gasteiger partial charge in [-0.1, -0.05) is 28.4 Å². The second-order valence-electron chi connectivity index (χ2n) is 6.75. The summed E-state index contributed by atoms with van der Waals surface area (Å²) in [7, 11) is 0. The molecule has 2 fully saturated rings. The van der Waals surface area contributed by atoms with E-state index in [9.17, 15) is 4.79 Å². The van der Waals surface area contributed by atoms with E-state index in [1.54, 1.807) is 23.1 Å². The van der Waals surface area contributed by atoms with Crippen molar-refractivity contribution in [3.8, 4) is 0 Å². The van der Waals surface area contributed by atoms with E-state index in [0.717, 1.165) is 32.1 Å². The summed E-state index contributed by atoms with van der Waals surface area (Å²) in [6.07, 6.45) is 4.42. The Hall–Kier alpha value is -1.63. The quantitative estimate of drug-likeness (QED) is 0.877. The van der Waals surface area contributed by atoms with E-state index >= 15 is 0 Å². The number of hydrogen-bond acceptors (Lipinski definition) is 5. The summed E-state index contributed by atoms with van der Waals surface area (Å²) in [4.78, 5) is 19.2. The lowest BCUT2D eigenvalue weighted by Gasteiger charge is -2.34. The van der Waals surface area contributed by atoms with Gasteiger partial charge in [-0.05, 0) is 50.3 Å². The SMILES string of the molecule is NC1(c2noc(C3CCCN3C(=O)c3cc(Cl)ccc3Cl)n2)CCC1. The van der Waals surface area contributed by atoms with Crippen molar-refractivity contribution in [2.24, 2.45) is 5.73 Å². The standard InChI is InChI=1S/C17H18Cl2N4O2/c18-10-4-5-12(19)11(9-10)15(24)23-8-1-3-13(23)14-21-16(22-25-14)17(20)6-2-7-17/h4-5,9,13H,1-3,6-8,20H2. The maximum atomic E-state index is 12.9. The molecular formula is C17H18Cl2N4O2. The predicted molar refractivity (Wildman–Crippen MR) is 93.5 cm³/mol. The smallest absolute Gasteiger partial charge is 0.256 e. The number of rotatable bonds is 3. The van der Waals surface area contributed by atoms with Crippen molar-refractivity contribution in [3.05, 3.63) is 45.5 Å². The van der Waals surface area contributed by atoms with E-state index in [2.05, 4.69) is 10.1 Å². The Kier molecular flexibility index (Phi) is 4.22. The molecule has 1 amide bonds. The van der Waals surface area contributed by atoms with Crippen LogP contribution >= 0.6 is 23.2 Å². The fourth-order valence-electron chi connectivity index (χ4n) is 3.44. The highest BCUT2D eigenvalue weighted by atomic mass is 35.5. The van der Waals surface area contributed by atoms with Crippen molar-refractivity contribution in [1.82, 2.24) is 15.0 Å². The predicted octanol–water partition coefficient (Wildman–Crippen LogP) is 3.69. The van der Waals surface area contributed by atoms with Crippen LogP contribution in [0.25, 0.3) is 0 Å². The molecule has 8 heteroatoms. The molecular weight excluding hydrogens is 363 g/mol. The second-order valence-corrected chi connectivity index (χ2v) is 7.59. The van der Waals surface area contributed by atoms with Crippen molar-refractivity contribution in [3.63, 3.8) is 0 Å². The van der Waals surface area contributed by atoms with Crippen LogP contribution in [0.1, 0.15) is 60.2 Å². The maximum absolute atomic E-state index is 12.9. The average molecular weight is 381 g/mol. The number of benzene rings is 1. The number of carbonyl (C=O) groups is 1. The molecule has 25 heavy (non-hydrogen) atoms. The first-order chi connectivity index (χ1) is 12.0. The van der Waals surface area contributed by atoms with Crippen LogP contribution in [-0.4, -0.2) is 27.5 Å². The Labute approximate surface area is 155 Å². The first kappa shape index (κ1) is 16.8. The lowest BCUT2D eigenvalue weighted by atomic mass is 9.77. The summed E-state index contributed by atoms with van der Waals surface area (Å²) in [6.45, 7) is 0.609. The molecule has 1 saturated heterocycles. The van der Waals surface area contributed by atoms with Gasteiger partial charge in [0, 0.05) is 11.6 Å². The van der Waals surface area contributed by atoms with E-state index in [4.69, 9.17) is 33.5 Å². The molecule has 1 aliphatic heterocycles. The molecule has 2 aromatic rings. The highest BCUT2D eigenvalue weighted by Crippen LogP contribution is 2.39. The third kappa shape index (κ3) is 2.92. The Morgan fingerprint density at radius 1 is 1.32 bits per heavy atom. The fraction of sp³-hybridized carbons (Fsp3) is 0.471. The van der Waals surface area contributed by atoms with Crippen molar-refractivity contribution in [2.45, 2.75) is 43.7 Å². The fourth-order valence-corrected chi connectivity index (χ4v) is 3.81. The topological polar surface area (TPSA) is 85.2 Å². The van der Waals surface area contributed by atoms with Gasteiger partial charge < -0.3 is 15.2 Å². The number of nitrogens with two attached hydrogens (primary N) is 1. The minimum Gasteiger partial charge on any atom is -0.337 e. The maximum Gasteiger partial charge on any atom is 0.256 e. The zero-order valence-electron chi connectivity index (χ0n) is 13.5. The third-order valence-corrected chi connectivity index (χ3v) is 5.66. The van der Waals surface area contributed by atoms with Gasteiger partial charge in [0.15, 0.2) is 5.82 Å². The number of carbonyl (C=O) groups excluding carboxylic acids is 1. The van der Waals surface area contributed by atoms with Crippen LogP contribution < -0.4 is 5.73 Å². The number of halogens is 2. The highest BCUT2D eigenvalue weighted by molar-refractivity contribution is 6.35. The summed E-state index contributed by atoms with van der Waals surface area (Å²) in [5, 5.41) is 4.90. The van der Waals surface area contributed by atoms with E-state index < -0.39 is 5.54 Å². The Bertz CT molecular complexity index is 819.